The topological polar surface area (TPSA) is 78.9 Å². The maximum absolute atomic E-state index is 12.8. The molecule has 0 radical (unpaired) electrons. The molecule has 0 saturated heterocycles. The Labute approximate surface area is 416 Å². The molecule has 0 saturated carbocycles. The molecular weight excluding hydrogens is 829 g/mol. The summed E-state index contributed by atoms with van der Waals surface area (Å²) < 4.78 is 16.8. The Kier molecular flexibility index (Phi) is 54.2. The van der Waals surface area contributed by atoms with Crippen molar-refractivity contribution in [2.45, 2.75) is 322 Å². The van der Waals surface area contributed by atoms with Crippen LogP contribution in [0.25, 0.3) is 0 Å². The van der Waals surface area contributed by atoms with Gasteiger partial charge in [0.1, 0.15) is 13.2 Å². The Balaban J connectivity index is 4.05. The molecule has 0 aliphatic rings. The van der Waals surface area contributed by atoms with Gasteiger partial charge in [-0.15, -0.1) is 0 Å². The molecule has 0 heterocycles. The first kappa shape index (κ1) is 64.6. The molecule has 0 spiro atoms. The maximum atomic E-state index is 12.8. The standard InChI is InChI=1S/C61H112O6/c1-4-7-10-13-16-19-21-22-23-24-25-26-27-28-29-30-31-32-33-34-35-36-37-38-40-42-45-48-51-54-60(63)66-57-58(56-65-59(62)53-50-47-44-41-18-15-12-9-6-3)67-61(64)55-52-49-46-43-39-20-17-14-11-8-5-2/h21-22,24-25,27-28,58H,4-20,23,26,29-57H2,1-3H3/b22-21-,25-24-,28-27-. The summed E-state index contributed by atoms with van der Waals surface area (Å²) in [6.45, 7) is 6.63. The molecule has 0 bridgehead atoms. The molecule has 392 valence electrons. The smallest absolute Gasteiger partial charge is 0.306 e. The van der Waals surface area contributed by atoms with Crippen LogP contribution >= 0.6 is 0 Å². The van der Waals surface area contributed by atoms with Gasteiger partial charge in [0.15, 0.2) is 6.10 Å². The quantitative estimate of drug-likeness (QED) is 0.0262. The van der Waals surface area contributed by atoms with Crippen LogP contribution in [0.4, 0.5) is 0 Å². The summed E-state index contributed by atoms with van der Waals surface area (Å²) in [4.78, 5) is 37.9. The lowest BCUT2D eigenvalue weighted by Gasteiger charge is -2.18. The van der Waals surface area contributed by atoms with Gasteiger partial charge < -0.3 is 14.2 Å². The zero-order valence-corrected chi connectivity index (χ0v) is 44.9. The molecule has 1 unspecified atom stereocenters. The Bertz CT molecular complexity index is 1130. The van der Waals surface area contributed by atoms with Gasteiger partial charge in [-0.3, -0.25) is 14.4 Å². The van der Waals surface area contributed by atoms with Gasteiger partial charge in [-0.25, -0.2) is 0 Å². The van der Waals surface area contributed by atoms with Crippen LogP contribution in [-0.4, -0.2) is 37.2 Å². The molecule has 0 aliphatic heterocycles. The van der Waals surface area contributed by atoms with Crippen molar-refractivity contribution in [1.29, 1.82) is 0 Å². The normalized spacial score (nSPS) is 12.2. The third-order valence-corrected chi connectivity index (χ3v) is 13.1. The second-order valence-corrected chi connectivity index (χ2v) is 19.9. The summed E-state index contributed by atoms with van der Waals surface area (Å²) in [6.07, 6.45) is 67.3. The van der Waals surface area contributed by atoms with Crippen molar-refractivity contribution in [2.75, 3.05) is 13.2 Å². The number of hydrogen-bond donors (Lipinski definition) is 0. The van der Waals surface area contributed by atoms with Crippen LogP contribution in [0.5, 0.6) is 0 Å². The first-order chi connectivity index (χ1) is 33.0. The molecule has 6 heteroatoms. The highest BCUT2D eigenvalue weighted by atomic mass is 16.6. The molecule has 0 aromatic heterocycles. The van der Waals surface area contributed by atoms with E-state index in [0.29, 0.717) is 19.3 Å². The summed E-state index contributed by atoms with van der Waals surface area (Å²) in [5.74, 6) is -0.856. The van der Waals surface area contributed by atoms with Crippen molar-refractivity contribution >= 4 is 17.9 Å². The first-order valence-electron chi connectivity index (χ1n) is 29.5. The lowest BCUT2D eigenvalue weighted by molar-refractivity contribution is -0.167. The van der Waals surface area contributed by atoms with E-state index in [1.807, 2.05) is 0 Å². The summed E-state index contributed by atoms with van der Waals surface area (Å²) in [5.41, 5.74) is 0. The summed E-state index contributed by atoms with van der Waals surface area (Å²) in [6, 6.07) is 0. The van der Waals surface area contributed by atoms with Gasteiger partial charge in [0, 0.05) is 19.3 Å². The van der Waals surface area contributed by atoms with Crippen LogP contribution in [0.15, 0.2) is 36.5 Å². The molecule has 0 aromatic carbocycles. The van der Waals surface area contributed by atoms with Crippen molar-refractivity contribution < 1.29 is 28.6 Å². The van der Waals surface area contributed by atoms with E-state index in [2.05, 4.69) is 57.2 Å². The number of unbranched alkanes of at least 4 members (excludes halogenated alkanes) is 37. The van der Waals surface area contributed by atoms with Gasteiger partial charge in [-0.2, -0.15) is 0 Å². The van der Waals surface area contributed by atoms with Crippen molar-refractivity contribution in [3.8, 4) is 0 Å². The number of carbonyl (C=O) groups is 3. The van der Waals surface area contributed by atoms with Crippen molar-refractivity contribution in [1.82, 2.24) is 0 Å². The molecule has 0 aliphatic carbocycles. The van der Waals surface area contributed by atoms with Crippen LogP contribution in [-0.2, 0) is 28.6 Å². The number of ether oxygens (including phenoxy) is 3. The molecule has 0 fully saturated rings. The van der Waals surface area contributed by atoms with Gasteiger partial charge in [-0.1, -0.05) is 276 Å². The largest absolute Gasteiger partial charge is 0.462 e. The average molecular weight is 942 g/mol. The Morgan fingerprint density at radius 2 is 0.537 bits per heavy atom. The zero-order valence-electron chi connectivity index (χ0n) is 44.9. The fraction of sp³-hybridized carbons (Fsp3) is 0.852. The van der Waals surface area contributed by atoms with Gasteiger partial charge in [0.25, 0.3) is 0 Å². The van der Waals surface area contributed by atoms with Gasteiger partial charge in [-0.05, 0) is 57.8 Å². The summed E-state index contributed by atoms with van der Waals surface area (Å²) in [7, 11) is 0. The van der Waals surface area contributed by atoms with E-state index in [4.69, 9.17) is 14.2 Å². The minimum Gasteiger partial charge on any atom is -0.462 e. The van der Waals surface area contributed by atoms with E-state index in [9.17, 15) is 14.4 Å². The number of esters is 3. The lowest BCUT2D eigenvalue weighted by atomic mass is 10.0. The maximum Gasteiger partial charge on any atom is 0.306 e. The van der Waals surface area contributed by atoms with Crippen LogP contribution in [0.3, 0.4) is 0 Å². The lowest BCUT2D eigenvalue weighted by Crippen LogP contribution is -2.30. The highest BCUT2D eigenvalue weighted by Crippen LogP contribution is 2.17. The van der Waals surface area contributed by atoms with Crippen LogP contribution < -0.4 is 0 Å². The zero-order chi connectivity index (χ0) is 48.6. The Morgan fingerprint density at radius 3 is 0.836 bits per heavy atom. The van der Waals surface area contributed by atoms with E-state index in [0.717, 1.165) is 70.6 Å². The third-order valence-electron chi connectivity index (χ3n) is 13.1. The van der Waals surface area contributed by atoms with Crippen LogP contribution in [0.2, 0.25) is 0 Å². The van der Waals surface area contributed by atoms with E-state index >= 15 is 0 Å². The monoisotopic (exact) mass is 941 g/mol. The van der Waals surface area contributed by atoms with Crippen molar-refractivity contribution in [3.05, 3.63) is 36.5 Å². The van der Waals surface area contributed by atoms with Crippen LogP contribution in [0, 0.1) is 0 Å². The first-order valence-corrected chi connectivity index (χ1v) is 29.5. The second kappa shape index (κ2) is 56.2. The average Bonchev–Trinajstić information content (AvgIpc) is 3.33. The van der Waals surface area contributed by atoms with E-state index in [-0.39, 0.29) is 31.1 Å². The molecular formula is C61H112O6. The van der Waals surface area contributed by atoms with Gasteiger partial charge >= 0.3 is 17.9 Å². The number of allylic oxidation sites excluding steroid dienone is 6. The molecule has 0 aromatic rings. The number of hydrogen-bond acceptors (Lipinski definition) is 6. The fourth-order valence-electron chi connectivity index (χ4n) is 8.69. The Hall–Kier alpha value is -2.37. The van der Waals surface area contributed by atoms with Gasteiger partial charge in [0.05, 0.1) is 0 Å². The fourth-order valence-corrected chi connectivity index (χ4v) is 8.69. The molecule has 0 N–H and O–H groups in total. The summed E-state index contributed by atoms with van der Waals surface area (Å²) >= 11 is 0. The predicted octanol–water partition coefficient (Wildman–Crippen LogP) is 19.7. The summed E-state index contributed by atoms with van der Waals surface area (Å²) in [5, 5.41) is 0. The minimum absolute atomic E-state index is 0.0671. The van der Waals surface area contributed by atoms with E-state index in [1.165, 1.54) is 205 Å². The molecule has 67 heavy (non-hydrogen) atoms. The molecule has 1 atom stereocenters. The number of rotatable bonds is 54. The molecule has 0 amide bonds. The highest BCUT2D eigenvalue weighted by molar-refractivity contribution is 5.71. The van der Waals surface area contributed by atoms with Crippen LogP contribution in [0.1, 0.15) is 316 Å². The second-order valence-electron chi connectivity index (χ2n) is 19.9. The predicted molar refractivity (Wildman–Crippen MR) is 289 cm³/mol. The third kappa shape index (κ3) is 54.4. The van der Waals surface area contributed by atoms with Gasteiger partial charge in [0.2, 0.25) is 0 Å². The number of carbonyl (C=O) groups excluding carboxylic acids is 3. The van der Waals surface area contributed by atoms with E-state index in [1.54, 1.807) is 0 Å². The van der Waals surface area contributed by atoms with E-state index < -0.39 is 6.10 Å². The minimum atomic E-state index is -0.765. The van der Waals surface area contributed by atoms with Crippen molar-refractivity contribution in [3.63, 3.8) is 0 Å². The molecule has 6 nitrogen and oxygen atoms in total. The SMILES string of the molecule is CCCCCCC/C=C\C/C=C\C/C=C\CCCCCCCCCCCCCCCCC(=O)OCC(COC(=O)CCCCCCCCCCC)OC(=O)CCCCCCCCCCCCC. The van der Waals surface area contributed by atoms with Crippen molar-refractivity contribution in [2.24, 2.45) is 0 Å². The molecule has 0 rings (SSSR count). The highest BCUT2D eigenvalue weighted by Gasteiger charge is 2.19. The Morgan fingerprint density at radius 1 is 0.299 bits per heavy atom.